The summed E-state index contributed by atoms with van der Waals surface area (Å²) in [5.74, 6) is -0.429. The SMILES string of the molecule is CCOC(CSc1ccc(Cl)c(C(=O)O)c1)OCC. The largest absolute Gasteiger partial charge is 0.478 e. The van der Waals surface area contributed by atoms with Gasteiger partial charge in [-0.1, -0.05) is 11.6 Å². The first-order valence-corrected chi connectivity index (χ1v) is 7.33. The third-order valence-electron chi connectivity index (χ3n) is 2.26. The van der Waals surface area contributed by atoms with Gasteiger partial charge in [-0.2, -0.15) is 0 Å². The van der Waals surface area contributed by atoms with Gasteiger partial charge in [-0.15, -0.1) is 11.8 Å². The number of aromatic carboxylic acids is 1. The number of halogens is 1. The third kappa shape index (κ3) is 5.40. The minimum atomic E-state index is -1.03. The number of hydrogen-bond donors (Lipinski definition) is 1. The predicted molar refractivity (Wildman–Crippen MR) is 76.2 cm³/mol. The fourth-order valence-electron chi connectivity index (χ4n) is 1.44. The minimum absolute atomic E-state index is 0.107. The molecule has 19 heavy (non-hydrogen) atoms. The molecule has 0 saturated carbocycles. The van der Waals surface area contributed by atoms with E-state index in [2.05, 4.69) is 0 Å². The maximum Gasteiger partial charge on any atom is 0.337 e. The fourth-order valence-corrected chi connectivity index (χ4v) is 2.52. The molecule has 0 radical (unpaired) electrons. The molecule has 0 aliphatic heterocycles. The molecule has 106 valence electrons. The van der Waals surface area contributed by atoms with Crippen molar-refractivity contribution in [1.29, 1.82) is 0 Å². The van der Waals surface area contributed by atoms with Crippen molar-refractivity contribution in [1.82, 2.24) is 0 Å². The van der Waals surface area contributed by atoms with Crippen LogP contribution in [-0.4, -0.2) is 36.3 Å². The van der Waals surface area contributed by atoms with Gasteiger partial charge in [-0.3, -0.25) is 0 Å². The molecule has 6 heteroatoms. The lowest BCUT2D eigenvalue weighted by Crippen LogP contribution is -2.19. The molecule has 0 amide bonds. The first-order valence-electron chi connectivity index (χ1n) is 5.97. The molecule has 0 fully saturated rings. The lowest BCUT2D eigenvalue weighted by molar-refractivity contribution is -0.120. The van der Waals surface area contributed by atoms with Gasteiger partial charge < -0.3 is 14.6 Å². The third-order valence-corrected chi connectivity index (χ3v) is 3.62. The molecule has 0 aliphatic rings. The van der Waals surface area contributed by atoms with E-state index in [1.54, 1.807) is 18.2 Å². The Morgan fingerprint density at radius 3 is 2.53 bits per heavy atom. The molecule has 1 rings (SSSR count). The van der Waals surface area contributed by atoms with E-state index in [9.17, 15) is 4.79 Å². The molecule has 0 aromatic heterocycles. The van der Waals surface area contributed by atoms with Crippen LogP contribution in [-0.2, 0) is 9.47 Å². The Kier molecular flexibility index (Phi) is 7.23. The second-order valence-corrected chi connectivity index (χ2v) is 5.10. The average molecular weight is 305 g/mol. The van der Waals surface area contributed by atoms with Gasteiger partial charge in [-0.25, -0.2) is 4.79 Å². The van der Waals surface area contributed by atoms with Crippen LogP contribution in [0.5, 0.6) is 0 Å². The quantitative estimate of drug-likeness (QED) is 0.588. The Balaban J connectivity index is 2.66. The molecule has 1 aromatic carbocycles. The molecular formula is C13H17ClO4S. The minimum Gasteiger partial charge on any atom is -0.478 e. The number of rotatable bonds is 8. The van der Waals surface area contributed by atoms with Crippen LogP contribution in [0.4, 0.5) is 0 Å². The molecule has 0 saturated heterocycles. The van der Waals surface area contributed by atoms with Gasteiger partial charge in [0, 0.05) is 23.9 Å². The number of ether oxygens (including phenoxy) is 2. The van der Waals surface area contributed by atoms with Crippen LogP contribution >= 0.6 is 23.4 Å². The number of carboxylic acids is 1. The van der Waals surface area contributed by atoms with Gasteiger partial charge in [0.05, 0.1) is 10.6 Å². The zero-order valence-electron chi connectivity index (χ0n) is 10.9. The van der Waals surface area contributed by atoms with Crippen LogP contribution in [0.1, 0.15) is 24.2 Å². The molecule has 0 heterocycles. The normalized spacial score (nSPS) is 10.9. The molecule has 1 N–H and O–H groups in total. The Morgan fingerprint density at radius 1 is 1.37 bits per heavy atom. The van der Waals surface area contributed by atoms with Crippen LogP contribution in [0.2, 0.25) is 5.02 Å². The van der Waals surface area contributed by atoms with E-state index in [1.165, 1.54) is 11.8 Å². The zero-order chi connectivity index (χ0) is 14.3. The van der Waals surface area contributed by atoms with Crippen LogP contribution < -0.4 is 0 Å². The Morgan fingerprint density at radius 2 is 2.00 bits per heavy atom. The van der Waals surface area contributed by atoms with E-state index in [-0.39, 0.29) is 16.9 Å². The van der Waals surface area contributed by atoms with Crippen molar-refractivity contribution in [2.75, 3.05) is 19.0 Å². The smallest absolute Gasteiger partial charge is 0.337 e. The highest BCUT2D eigenvalue weighted by atomic mass is 35.5. The molecule has 0 bridgehead atoms. The fraction of sp³-hybridized carbons (Fsp3) is 0.462. The van der Waals surface area contributed by atoms with Crippen molar-refractivity contribution in [3.63, 3.8) is 0 Å². The topological polar surface area (TPSA) is 55.8 Å². The standard InChI is InChI=1S/C13H17ClO4S/c1-3-17-12(18-4-2)8-19-9-5-6-11(14)10(7-9)13(15)16/h5-7,12H,3-4,8H2,1-2H3,(H,15,16). The van der Waals surface area contributed by atoms with Crippen LogP contribution in [0.25, 0.3) is 0 Å². The maximum absolute atomic E-state index is 11.0. The summed E-state index contributed by atoms with van der Waals surface area (Å²) in [5, 5.41) is 9.23. The average Bonchev–Trinajstić information content (AvgIpc) is 2.37. The van der Waals surface area contributed by atoms with Gasteiger partial charge in [-0.05, 0) is 32.0 Å². The summed E-state index contributed by atoms with van der Waals surface area (Å²) in [6, 6.07) is 4.93. The number of thioether (sulfide) groups is 1. The molecule has 0 spiro atoms. The first-order chi connectivity index (χ1) is 9.08. The van der Waals surface area contributed by atoms with Gasteiger partial charge >= 0.3 is 5.97 Å². The Labute approximate surface area is 122 Å². The monoisotopic (exact) mass is 304 g/mol. The van der Waals surface area contributed by atoms with E-state index in [4.69, 9.17) is 26.2 Å². The maximum atomic E-state index is 11.0. The van der Waals surface area contributed by atoms with Crippen LogP contribution in [0.3, 0.4) is 0 Å². The number of carbonyl (C=O) groups is 1. The molecule has 0 atom stereocenters. The van der Waals surface area contributed by atoms with E-state index >= 15 is 0 Å². The van der Waals surface area contributed by atoms with Crippen molar-refractivity contribution >= 4 is 29.3 Å². The van der Waals surface area contributed by atoms with E-state index in [0.29, 0.717) is 19.0 Å². The number of benzene rings is 1. The Bertz CT molecular complexity index is 419. The van der Waals surface area contributed by atoms with Crippen LogP contribution in [0.15, 0.2) is 23.1 Å². The highest BCUT2D eigenvalue weighted by Gasteiger charge is 2.12. The summed E-state index contributed by atoms with van der Waals surface area (Å²) in [6.07, 6.45) is -0.288. The number of carboxylic acid groups (broad SMARTS) is 1. The van der Waals surface area contributed by atoms with Crippen molar-refractivity contribution in [2.45, 2.75) is 25.0 Å². The van der Waals surface area contributed by atoms with Gasteiger partial charge in [0.25, 0.3) is 0 Å². The molecular weight excluding hydrogens is 288 g/mol. The number of hydrogen-bond acceptors (Lipinski definition) is 4. The van der Waals surface area contributed by atoms with E-state index in [0.717, 1.165) is 4.90 Å². The zero-order valence-corrected chi connectivity index (χ0v) is 12.5. The summed E-state index contributed by atoms with van der Waals surface area (Å²) in [5.41, 5.74) is 0.107. The summed E-state index contributed by atoms with van der Waals surface area (Å²) < 4.78 is 10.8. The predicted octanol–water partition coefficient (Wildman–Crippen LogP) is 3.53. The van der Waals surface area contributed by atoms with Gasteiger partial charge in [0.2, 0.25) is 0 Å². The molecule has 4 nitrogen and oxygen atoms in total. The summed E-state index contributed by atoms with van der Waals surface area (Å²) >= 11 is 7.29. The Hall–Kier alpha value is -0.750. The lowest BCUT2D eigenvalue weighted by atomic mass is 10.2. The van der Waals surface area contributed by atoms with Gasteiger partial charge in [0.1, 0.15) is 0 Å². The van der Waals surface area contributed by atoms with Crippen LogP contribution in [0, 0.1) is 0 Å². The van der Waals surface area contributed by atoms with E-state index < -0.39 is 5.97 Å². The summed E-state index contributed by atoms with van der Waals surface area (Å²) in [7, 11) is 0. The highest BCUT2D eigenvalue weighted by molar-refractivity contribution is 7.99. The second kappa shape index (κ2) is 8.43. The molecule has 1 aromatic rings. The van der Waals surface area contributed by atoms with Gasteiger partial charge in [0.15, 0.2) is 6.29 Å². The molecule has 0 aliphatic carbocycles. The summed E-state index contributed by atoms with van der Waals surface area (Å²) in [4.78, 5) is 11.8. The van der Waals surface area contributed by atoms with Crippen molar-refractivity contribution < 1.29 is 19.4 Å². The highest BCUT2D eigenvalue weighted by Crippen LogP contribution is 2.25. The lowest BCUT2D eigenvalue weighted by Gasteiger charge is -2.16. The van der Waals surface area contributed by atoms with Crippen molar-refractivity contribution in [3.05, 3.63) is 28.8 Å². The summed E-state index contributed by atoms with van der Waals surface area (Å²) in [6.45, 7) is 4.96. The van der Waals surface area contributed by atoms with E-state index in [1.807, 2.05) is 13.8 Å². The first kappa shape index (κ1) is 16.3. The molecule has 0 unspecified atom stereocenters. The second-order valence-electron chi connectivity index (χ2n) is 3.60. The van der Waals surface area contributed by atoms with Crippen molar-refractivity contribution in [3.8, 4) is 0 Å². The van der Waals surface area contributed by atoms with Crippen molar-refractivity contribution in [2.24, 2.45) is 0 Å².